The van der Waals surface area contributed by atoms with Gasteiger partial charge in [0.15, 0.2) is 11.9 Å². The highest BCUT2D eigenvalue weighted by Gasteiger charge is 2.56. The molecule has 0 saturated carbocycles. The van der Waals surface area contributed by atoms with Gasteiger partial charge in [-0.15, -0.1) is 0 Å². The van der Waals surface area contributed by atoms with Crippen molar-refractivity contribution in [1.82, 2.24) is 9.55 Å². The molecule has 10 nitrogen and oxygen atoms in total. The van der Waals surface area contributed by atoms with Crippen molar-refractivity contribution in [3.8, 4) is 0 Å². The van der Waals surface area contributed by atoms with E-state index in [1.54, 1.807) is 0 Å². The summed E-state index contributed by atoms with van der Waals surface area (Å²) in [6.45, 7) is 0.295. The van der Waals surface area contributed by atoms with Gasteiger partial charge in [0.1, 0.15) is 18.0 Å². The number of halogens is 3. The number of phosphoric acid groups is 1. The first-order valence-corrected chi connectivity index (χ1v) is 11.7. The van der Waals surface area contributed by atoms with E-state index < -0.39 is 61.7 Å². The smallest absolute Gasteiger partial charge is 0.387 e. The van der Waals surface area contributed by atoms with Crippen molar-refractivity contribution < 1.29 is 36.8 Å². The zero-order chi connectivity index (χ0) is 24.0. The van der Waals surface area contributed by atoms with E-state index in [2.05, 4.69) is 0 Å². The first kappa shape index (κ1) is 24.2. The summed E-state index contributed by atoms with van der Waals surface area (Å²) in [5.41, 5.74) is -4.03. The second-order valence-corrected chi connectivity index (χ2v) is 9.82. The van der Waals surface area contributed by atoms with Gasteiger partial charge in [-0.2, -0.15) is 0 Å². The highest BCUT2D eigenvalue weighted by atomic mass is 35.5. The van der Waals surface area contributed by atoms with Crippen LogP contribution in [-0.4, -0.2) is 45.7 Å². The van der Waals surface area contributed by atoms with E-state index in [1.807, 2.05) is 4.98 Å². The van der Waals surface area contributed by atoms with Gasteiger partial charge in [0.05, 0.1) is 19.3 Å². The van der Waals surface area contributed by atoms with Crippen LogP contribution in [0.1, 0.15) is 31.2 Å². The number of hydrogen-bond acceptors (Lipinski definition) is 8. The maximum absolute atomic E-state index is 15.2. The molecule has 0 amide bonds. The minimum Gasteiger partial charge on any atom is -0.387 e. The maximum atomic E-state index is 15.2. The Kier molecular flexibility index (Phi) is 6.62. The van der Waals surface area contributed by atoms with Crippen LogP contribution < -0.4 is 11.2 Å². The van der Waals surface area contributed by atoms with Gasteiger partial charge in [0, 0.05) is 29.3 Å². The monoisotopic (exact) mass is 508 g/mol. The lowest BCUT2D eigenvalue weighted by Crippen LogP contribution is -2.43. The van der Waals surface area contributed by atoms with Crippen LogP contribution in [0, 0.1) is 5.82 Å². The zero-order valence-corrected chi connectivity index (χ0v) is 18.8. The quantitative estimate of drug-likeness (QED) is 0.590. The van der Waals surface area contributed by atoms with Crippen LogP contribution in [0.5, 0.6) is 0 Å². The number of ether oxygens (including phenoxy) is 1. The molecule has 1 aromatic heterocycles. The van der Waals surface area contributed by atoms with Crippen molar-refractivity contribution in [2.24, 2.45) is 0 Å². The fourth-order valence-electron chi connectivity index (χ4n) is 3.68. The normalized spacial score (nSPS) is 34.5. The van der Waals surface area contributed by atoms with Crippen LogP contribution in [0.3, 0.4) is 0 Å². The van der Waals surface area contributed by atoms with Crippen LogP contribution in [0.25, 0.3) is 0 Å². The number of nitrogens with zero attached hydrogens (tertiary/aromatic N) is 1. The molecule has 0 radical (unpaired) electrons. The van der Waals surface area contributed by atoms with Crippen molar-refractivity contribution >= 4 is 19.4 Å². The lowest BCUT2D eigenvalue weighted by Gasteiger charge is -2.30. The standard InChI is InChI=1S/C19H20ClF2N2O8P/c1-19(22)16(26)14(31-17(19)24-6-4-15(25)23-18(24)27)9-30-33(28)29-7-5-13(32-33)11-8-10(20)2-3-12(11)21/h2-4,6,8,13-14,16-17,26H,5,7,9H2,1H3,(H,23,25,27)/t13-,14?,16-,17-,19-,33+/m1/s1. The van der Waals surface area contributed by atoms with Crippen LogP contribution in [0.15, 0.2) is 40.1 Å². The molecule has 2 N–H and O–H groups in total. The largest absolute Gasteiger partial charge is 0.475 e. The van der Waals surface area contributed by atoms with Gasteiger partial charge in [-0.25, -0.2) is 18.1 Å². The number of nitrogens with one attached hydrogen (secondary N) is 1. The van der Waals surface area contributed by atoms with E-state index >= 15 is 4.39 Å². The van der Waals surface area contributed by atoms with Crippen LogP contribution in [-0.2, 0) is 22.9 Å². The lowest BCUT2D eigenvalue weighted by atomic mass is 9.98. The second kappa shape index (κ2) is 9.03. The molecule has 1 aromatic carbocycles. The average Bonchev–Trinajstić information content (AvgIpc) is 2.97. The third-order valence-corrected chi connectivity index (χ3v) is 7.12. The second-order valence-electron chi connectivity index (χ2n) is 7.77. The fraction of sp³-hybridized carbons (Fsp3) is 0.474. The molecular weight excluding hydrogens is 489 g/mol. The molecular formula is C19H20ClF2N2O8P. The number of aliphatic hydroxyl groups excluding tert-OH is 1. The summed E-state index contributed by atoms with van der Waals surface area (Å²) in [4.78, 5) is 25.3. The van der Waals surface area contributed by atoms with Gasteiger partial charge in [-0.05, 0) is 25.1 Å². The van der Waals surface area contributed by atoms with E-state index in [1.165, 1.54) is 12.1 Å². The SMILES string of the molecule is C[C@@]1(F)[C@H](O)C(CO[P@]2(=O)OCC[C@H](c3cc(Cl)ccc3F)O2)O[C@H]1n1ccc(=O)[nH]c1=O. The van der Waals surface area contributed by atoms with Crippen molar-refractivity contribution in [2.45, 2.75) is 43.6 Å². The third-order valence-electron chi connectivity index (χ3n) is 5.41. The predicted octanol–water partition coefficient (Wildman–Crippen LogP) is 2.62. The van der Waals surface area contributed by atoms with Crippen molar-refractivity contribution in [3.63, 3.8) is 0 Å². The van der Waals surface area contributed by atoms with Gasteiger partial charge in [-0.1, -0.05) is 11.6 Å². The predicted molar refractivity (Wildman–Crippen MR) is 110 cm³/mol. The number of H-pyrrole nitrogens is 1. The molecule has 1 unspecified atom stereocenters. The molecule has 2 aliphatic rings. The van der Waals surface area contributed by atoms with Gasteiger partial charge in [0.25, 0.3) is 5.56 Å². The Balaban J connectivity index is 1.48. The number of phosphoric ester groups is 1. The fourth-order valence-corrected chi connectivity index (χ4v) is 5.25. The summed E-state index contributed by atoms with van der Waals surface area (Å²) in [5, 5.41) is 10.7. The summed E-state index contributed by atoms with van der Waals surface area (Å²) in [6.07, 6.45) is -4.54. The first-order chi connectivity index (χ1) is 15.5. The average molecular weight is 509 g/mol. The molecule has 0 spiro atoms. The third kappa shape index (κ3) is 4.83. The Morgan fingerprint density at radius 1 is 1.39 bits per heavy atom. The first-order valence-electron chi connectivity index (χ1n) is 9.86. The molecule has 2 fully saturated rings. The molecule has 4 rings (SSSR count). The molecule has 0 aliphatic carbocycles. The Morgan fingerprint density at radius 3 is 2.88 bits per heavy atom. The molecule has 3 heterocycles. The zero-order valence-electron chi connectivity index (χ0n) is 17.2. The number of alkyl halides is 1. The summed E-state index contributed by atoms with van der Waals surface area (Å²) in [6, 6.07) is 4.83. The number of aromatic amines is 1. The highest BCUT2D eigenvalue weighted by Crippen LogP contribution is 2.57. The lowest BCUT2D eigenvalue weighted by molar-refractivity contribution is -0.0655. The van der Waals surface area contributed by atoms with E-state index in [-0.39, 0.29) is 23.6 Å². The number of rotatable bonds is 5. The molecule has 180 valence electrons. The Morgan fingerprint density at radius 2 is 2.15 bits per heavy atom. The minimum atomic E-state index is -4.24. The molecule has 33 heavy (non-hydrogen) atoms. The summed E-state index contributed by atoms with van der Waals surface area (Å²) >= 11 is 5.90. The number of aromatic nitrogens is 2. The Labute approximate surface area is 190 Å². The molecule has 2 saturated heterocycles. The Bertz CT molecular complexity index is 1200. The van der Waals surface area contributed by atoms with E-state index in [0.717, 1.165) is 29.8 Å². The molecule has 0 bridgehead atoms. The maximum Gasteiger partial charge on any atom is 0.475 e. The topological polar surface area (TPSA) is 129 Å². The van der Waals surface area contributed by atoms with Gasteiger partial charge >= 0.3 is 13.5 Å². The Hall–Kier alpha value is -1.92. The van der Waals surface area contributed by atoms with E-state index in [9.17, 15) is 23.7 Å². The van der Waals surface area contributed by atoms with Gasteiger partial charge in [0.2, 0.25) is 0 Å². The van der Waals surface area contributed by atoms with E-state index in [0.29, 0.717) is 0 Å². The van der Waals surface area contributed by atoms with Crippen molar-refractivity contribution in [3.05, 3.63) is 67.7 Å². The number of hydrogen-bond donors (Lipinski definition) is 2. The van der Waals surface area contributed by atoms with Crippen molar-refractivity contribution in [2.75, 3.05) is 13.2 Å². The molecule has 14 heteroatoms. The van der Waals surface area contributed by atoms with Gasteiger partial charge in [-0.3, -0.25) is 27.9 Å². The van der Waals surface area contributed by atoms with Crippen LogP contribution in [0.2, 0.25) is 5.02 Å². The highest BCUT2D eigenvalue weighted by molar-refractivity contribution is 7.48. The van der Waals surface area contributed by atoms with E-state index in [4.69, 9.17) is 29.9 Å². The number of benzene rings is 1. The minimum absolute atomic E-state index is 0.0700. The van der Waals surface area contributed by atoms with Crippen LogP contribution >= 0.6 is 19.4 Å². The summed E-state index contributed by atoms with van der Waals surface area (Å²) < 4.78 is 64.3. The molecule has 2 aliphatic heterocycles. The molecule has 2 aromatic rings. The van der Waals surface area contributed by atoms with Crippen LogP contribution in [0.4, 0.5) is 8.78 Å². The number of aliphatic hydroxyl groups is 1. The van der Waals surface area contributed by atoms with Crippen molar-refractivity contribution in [1.29, 1.82) is 0 Å². The molecule has 6 atom stereocenters. The summed E-state index contributed by atoms with van der Waals surface area (Å²) in [7, 11) is -4.24. The summed E-state index contributed by atoms with van der Waals surface area (Å²) in [5.74, 6) is -0.616. The van der Waals surface area contributed by atoms with Gasteiger partial charge < -0.3 is 9.84 Å².